The van der Waals surface area contributed by atoms with Gasteiger partial charge < -0.3 is 0 Å². The molecule has 0 radical (unpaired) electrons. The molecule has 0 heterocycles. The van der Waals surface area contributed by atoms with Crippen molar-refractivity contribution in [2.45, 2.75) is 12.8 Å². The van der Waals surface area contributed by atoms with Gasteiger partial charge in [0.05, 0.1) is 0 Å². The lowest BCUT2D eigenvalue weighted by Crippen LogP contribution is -1.99. The molecule has 9 aromatic rings. The van der Waals surface area contributed by atoms with Gasteiger partial charge in [0.25, 0.3) is 0 Å². The van der Waals surface area contributed by atoms with Crippen molar-refractivity contribution in [3.63, 3.8) is 0 Å². The molecule has 0 spiro atoms. The van der Waals surface area contributed by atoms with Crippen molar-refractivity contribution in [3.05, 3.63) is 204 Å². The molecular formula is C48H34. The summed E-state index contributed by atoms with van der Waals surface area (Å²) in [6.45, 7) is 0. The molecule has 0 saturated heterocycles. The van der Waals surface area contributed by atoms with Crippen LogP contribution < -0.4 is 0 Å². The highest BCUT2D eigenvalue weighted by atomic mass is 14.2. The van der Waals surface area contributed by atoms with Gasteiger partial charge in [-0.2, -0.15) is 0 Å². The summed E-state index contributed by atoms with van der Waals surface area (Å²) in [5, 5.41) is 10.5. The Morgan fingerprint density at radius 1 is 0.271 bits per heavy atom. The fourth-order valence-electron chi connectivity index (χ4n) is 7.57. The largest absolute Gasteiger partial charge is 0.0622 e. The van der Waals surface area contributed by atoms with E-state index < -0.39 is 0 Å². The van der Waals surface area contributed by atoms with Crippen LogP contribution in [0.2, 0.25) is 0 Å². The van der Waals surface area contributed by atoms with Gasteiger partial charge >= 0.3 is 0 Å². The number of fused-ring (bicyclic) bond motifs is 4. The second-order valence-electron chi connectivity index (χ2n) is 12.9. The normalized spacial score (nSPS) is 11.5. The van der Waals surface area contributed by atoms with E-state index in [1.807, 2.05) is 0 Å². The molecule has 0 fully saturated rings. The van der Waals surface area contributed by atoms with Gasteiger partial charge in [-0.1, -0.05) is 170 Å². The van der Waals surface area contributed by atoms with Crippen LogP contribution in [0.4, 0.5) is 0 Å². The van der Waals surface area contributed by atoms with Gasteiger partial charge in [0, 0.05) is 0 Å². The third-order valence-electron chi connectivity index (χ3n) is 10.0. The van der Waals surface area contributed by atoms with E-state index in [0.717, 1.165) is 12.8 Å². The molecular weight excluding hydrogens is 577 g/mol. The van der Waals surface area contributed by atoms with Crippen molar-refractivity contribution in [3.8, 4) is 22.3 Å². The summed E-state index contributed by atoms with van der Waals surface area (Å²) < 4.78 is 0. The van der Waals surface area contributed by atoms with E-state index in [2.05, 4.69) is 182 Å². The van der Waals surface area contributed by atoms with E-state index in [1.54, 1.807) is 0 Å². The van der Waals surface area contributed by atoms with Crippen LogP contribution in [0.1, 0.15) is 22.3 Å². The molecule has 9 aromatic carbocycles. The fraction of sp³-hybridized carbons (Fsp3) is 0.0417. The van der Waals surface area contributed by atoms with Gasteiger partial charge in [-0.15, -0.1) is 0 Å². The molecule has 0 atom stereocenters. The zero-order chi connectivity index (χ0) is 31.9. The first-order valence-corrected chi connectivity index (χ1v) is 16.8. The summed E-state index contributed by atoms with van der Waals surface area (Å²) >= 11 is 0. The van der Waals surface area contributed by atoms with Crippen molar-refractivity contribution in [1.29, 1.82) is 0 Å². The predicted octanol–water partition coefficient (Wildman–Crippen LogP) is 12.8. The van der Waals surface area contributed by atoms with Gasteiger partial charge in [0.15, 0.2) is 0 Å². The third-order valence-corrected chi connectivity index (χ3v) is 10.0. The van der Waals surface area contributed by atoms with E-state index in [4.69, 9.17) is 0 Å². The highest BCUT2D eigenvalue weighted by molar-refractivity contribution is 6.07. The van der Waals surface area contributed by atoms with Crippen LogP contribution in [0.5, 0.6) is 0 Å². The predicted molar refractivity (Wildman–Crippen MR) is 206 cm³/mol. The Bertz CT molecular complexity index is 2590. The molecule has 48 heavy (non-hydrogen) atoms. The Morgan fingerprint density at radius 2 is 0.812 bits per heavy atom. The summed E-state index contributed by atoms with van der Waals surface area (Å²) in [5.74, 6) is 0. The second-order valence-corrected chi connectivity index (χ2v) is 12.9. The maximum absolute atomic E-state index is 2.43. The molecule has 0 aromatic heterocycles. The van der Waals surface area contributed by atoms with Gasteiger partial charge in [-0.25, -0.2) is 0 Å². The van der Waals surface area contributed by atoms with Crippen LogP contribution in [0.15, 0.2) is 182 Å². The Morgan fingerprint density at radius 3 is 1.60 bits per heavy atom. The first-order valence-electron chi connectivity index (χ1n) is 16.8. The standard InChI is InChI=1S/C48H34/c1-2-11-34(12-3-1)40-27-28-45-46(29-33-21-23-36(24-22-33)39-26-25-35-13-4-5-15-38(35)30-39)43-19-8-9-20-44(43)48(47(45)31-40)32-41-17-10-16-37-14-6-7-18-42(37)41/h1-28,30-31H,29,32H2. The number of benzene rings is 9. The third kappa shape index (κ3) is 5.13. The topological polar surface area (TPSA) is 0 Å². The van der Waals surface area contributed by atoms with E-state index in [9.17, 15) is 0 Å². The van der Waals surface area contributed by atoms with Crippen molar-refractivity contribution < 1.29 is 0 Å². The zero-order valence-corrected chi connectivity index (χ0v) is 26.7. The molecule has 226 valence electrons. The summed E-state index contributed by atoms with van der Waals surface area (Å²) in [5.41, 5.74) is 10.5. The molecule has 0 bridgehead atoms. The van der Waals surface area contributed by atoms with Crippen LogP contribution in [-0.4, -0.2) is 0 Å². The lowest BCUT2D eigenvalue weighted by atomic mass is 9.85. The highest BCUT2D eigenvalue weighted by Gasteiger charge is 2.17. The maximum atomic E-state index is 2.43. The van der Waals surface area contributed by atoms with E-state index in [1.165, 1.54) is 87.6 Å². The summed E-state index contributed by atoms with van der Waals surface area (Å²) in [6.07, 6.45) is 1.74. The summed E-state index contributed by atoms with van der Waals surface area (Å²) in [7, 11) is 0. The number of hydrogen-bond acceptors (Lipinski definition) is 0. The van der Waals surface area contributed by atoms with Crippen molar-refractivity contribution in [2.24, 2.45) is 0 Å². The van der Waals surface area contributed by atoms with E-state index in [0.29, 0.717) is 0 Å². The van der Waals surface area contributed by atoms with Crippen LogP contribution >= 0.6 is 0 Å². The SMILES string of the molecule is c1ccc(-c2ccc3c(Cc4ccc(-c5ccc6ccccc6c5)cc4)c4ccccc4c(Cc4cccc5ccccc45)c3c2)cc1. The number of rotatable bonds is 6. The Hall–Kier alpha value is -5.98. The minimum Gasteiger partial charge on any atom is -0.0622 e. The Labute approximate surface area is 281 Å². The Kier molecular flexibility index (Phi) is 7.06. The average molecular weight is 611 g/mol. The maximum Gasteiger partial charge on any atom is -0.000728 e. The molecule has 0 N–H and O–H groups in total. The first kappa shape index (κ1) is 28.3. The smallest absolute Gasteiger partial charge is 0.000728 e. The fourth-order valence-corrected chi connectivity index (χ4v) is 7.57. The van der Waals surface area contributed by atoms with Crippen LogP contribution in [0.3, 0.4) is 0 Å². The van der Waals surface area contributed by atoms with Gasteiger partial charge in [0.2, 0.25) is 0 Å². The molecule has 0 nitrogen and oxygen atoms in total. The molecule has 0 unspecified atom stereocenters. The lowest BCUT2D eigenvalue weighted by molar-refractivity contribution is 1.22. The molecule has 9 rings (SSSR count). The van der Waals surface area contributed by atoms with E-state index >= 15 is 0 Å². The molecule has 0 aliphatic carbocycles. The van der Waals surface area contributed by atoms with Gasteiger partial charge in [-0.3, -0.25) is 0 Å². The number of hydrogen-bond donors (Lipinski definition) is 0. The van der Waals surface area contributed by atoms with Gasteiger partial charge in [0.1, 0.15) is 0 Å². The lowest BCUT2D eigenvalue weighted by Gasteiger charge is -2.19. The first-order chi connectivity index (χ1) is 23.8. The molecule has 0 saturated carbocycles. The molecule has 0 aliphatic heterocycles. The van der Waals surface area contributed by atoms with E-state index in [-0.39, 0.29) is 0 Å². The van der Waals surface area contributed by atoms with Crippen molar-refractivity contribution in [2.75, 3.05) is 0 Å². The van der Waals surface area contributed by atoms with Crippen LogP contribution in [0, 0.1) is 0 Å². The van der Waals surface area contributed by atoms with Crippen molar-refractivity contribution in [1.82, 2.24) is 0 Å². The minimum absolute atomic E-state index is 0.869. The van der Waals surface area contributed by atoms with Crippen LogP contribution in [-0.2, 0) is 12.8 Å². The summed E-state index contributed by atoms with van der Waals surface area (Å²) in [4.78, 5) is 0. The van der Waals surface area contributed by atoms with Crippen molar-refractivity contribution >= 4 is 43.1 Å². The van der Waals surface area contributed by atoms with Gasteiger partial charge in [-0.05, 0) is 113 Å². The zero-order valence-electron chi connectivity index (χ0n) is 26.7. The second kappa shape index (κ2) is 12.0. The van der Waals surface area contributed by atoms with Crippen LogP contribution in [0.25, 0.3) is 65.3 Å². The molecule has 0 aliphatic rings. The molecule has 0 amide bonds. The molecule has 0 heteroatoms. The highest BCUT2D eigenvalue weighted by Crippen LogP contribution is 2.39. The quantitative estimate of drug-likeness (QED) is 0.164. The monoisotopic (exact) mass is 610 g/mol. The average Bonchev–Trinajstić information content (AvgIpc) is 3.16. The summed E-state index contributed by atoms with van der Waals surface area (Å²) in [6, 6.07) is 66.9. The Balaban J connectivity index is 1.19. The minimum atomic E-state index is 0.869.